The Bertz CT molecular complexity index is 182. The van der Waals surface area contributed by atoms with Gasteiger partial charge in [0.05, 0.1) is 0 Å². The van der Waals surface area contributed by atoms with Crippen LogP contribution in [-0.2, 0) is 0 Å². The lowest BCUT2D eigenvalue weighted by atomic mass is 10.1. The van der Waals surface area contributed by atoms with Gasteiger partial charge in [-0.25, -0.2) is 0 Å². The summed E-state index contributed by atoms with van der Waals surface area (Å²) in [4.78, 5) is 2.21. The SMILES string of the molecule is CN1CCCC(NCCCC(F)(F)F)C1. The van der Waals surface area contributed by atoms with Crippen LogP contribution in [0.25, 0.3) is 0 Å². The van der Waals surface area contributed by atoms with Crippen LogP contribution in [-0.4, -0.2) is 43.8 Å². The second-order valence-corrected chi connectivity index (χ2v) is 4.27. The Labute approximate surface area is 88.8 Å². The Hall–Kier alpha value is -0.290. The summed E-state index contributed by atoms with van der Waals surface area (Å²) < 4.78 is 35.5. The van der Waals surface area contributed by atoms with Crippen LogP contribution < -0.4 is 5.32 Å². The molecule has 0 bridgehead atoms. The quantitative estimate of drug-likeness (QED) is 0.735. The minimum absolute atomic E-state index is 0.184. The highest BCUT2D eigenvalue weighted by molar-refractivity contribution is 4.76. The number of alkyl halides is 3. The molecular formula is C10H19F3N2. The average Bonchev–Trinajstić information content (AvgIpc) is 2.11. The number of piperidine rings is 1. The first kappa shape index (κ1) is 12.8. The molecule has 0 aliphatic carbocycles. The van der Waals surface area contributed by atoms with Gasteiger partial charge in [0, 0.05) is 19.0 Å². The van der Waals surface area contributed by atoms with Gasteiger partial charge in [-0.1, -0.05) is 0 Å². The van der Waals surface area contributed by atoms with E-state index in [2.05, 4.69) is 10.2 Å². The second-order valence-electron chi connectivity index (χ2n) is 4.27. The minimum atomic E-state index is -4.01. The largest absolute Gasteiger partial charge is 0.389 e. The molecule has 0 aromatic heterocycles. The van der Waals surface area contributed by atoms with Crippen molar-refractivity contribution in [1.29, 1.82) is 0 Å². The number of nitrogens with zero attached hydrogens (tertiary/aromatic N) is 1. The predicted octanol–water partition coefficient (Wildman–Crippen LogP) is 2.01. The summed E-state index contributed by atoms with van der Waals surface area (Å²) in [5.74, 6) is 0. The topological polar surface area (TPSA) is 15.3 Å². The Morgan fingerprint density at radius 3 is 2.73 bits per heavy atom. The van der Waals surface area contributed by atoms with Crippen LogP contribution in [0.15, 0.2) is 0 Å². The molecule has 1 saturated heterocycles. The summed E-state index contributed by atoms with van der Waals surface area (Å²) in [6.07, 6.45) is -2.29. The van der Waals surface area contributed by atoms with E-state index in [-0.39, 0.29) is 6.42 Å². The molecule has 90 valence electrons. The molecule has 1 unspecified atom stereocenters. The van der Waals surface area contributed by atoms with E-state index < -0.39 is 12.6 Å². The fourth-order valence-electron chi connectivity index (χ4n) is 1.93. The molecule has 0 saturated carbocycles. The van der Waals surface area contributed by atoms with Crippen molar-refractivity contribution in [1.82, 2.24) is 10.2 Å². The molecule has 1 fully saturated rings. The number of rotatable bonds is 4. The molecule has 1 heterocycles. The maximum atomic E-state index is 11.8. The van der Waals surface area contributed by atoms with Gasteiger partial charge in [-0.15, -0.1) is 0 Å². The van der Waals surface area contributed by atoms with Crippen molar-refractivity contribution in [2.75, 3.05) is 26.7 Å². The molecular weight excluding hydrogens is 205 g/mol. The van der Waals surface area contributed by atoms with E-state index in [1.54, 1.807) is 0 Å². The van der Waals surface area contributed by atoms with Crippen molar-refractivity contribution in [3.8, 4) is 0 Å². The smallest absolute Gasteiger partial charge is 0.313 e. The molecule has 0 amide bonds. The molecule has 1 N–H and O–H groups in total. The van der Waals surface area contributed by atoms with Gasteiger partial charge in [0.15, 0.2) is 0 Å². The molecule has 15 heavy (non-hydrogen) atoms. The first-order valence-electron chi connectivity index (χ1n) is 5.46. The number of halogens is 3. The van der Waals surface area contributed by atoms with Crippen molar-refractivity contribution in [2.24, 2.45) is 0 Å². The van der Waals surface area contributed by atoms with Gasteiger partial charge in [0.1, 0.15) is 0 Å². The lowest BCUT2D eigenvalue weighted by molar-refractivity contribution is -0.135. The Morgan fingerprint density at radius 1 is 1.40 bits per heavy atom. The molecule has 0 aromatic rings. The summed E-state index contributed by atoms with van der Waals surface area (Å²) in [5.41, 5.74) is 0. The number of nitrogens with one attached hydrogen (secondary N) is 1. The normalized spacial score (nSPS) is 24.4. The first-order valence-corrected chi connectivity index (χ1v) is 5.46. The summed E-state index contributed by atoms with van der Waals surface area (Å²) in [5, 5.41) is 3.18. The zero-order chi connectivity index (χ0) is 11.3. The van der Waals surface area contributed by atoms with E-state index in [4.69, 9.17) is 0 Å². The van der Waals surface area contributed by atoms with Crippen molar-refractivity contribution in [2.45, 2.75) is 37.9 Å². The van der Waals surface area contributed by atoms with E-state index in [0.717, 1.165) is 25.9 Å². The molecule has 0 spiro atoms. The van der Waals surface area contributed by atoms with Gasteiger partial charge in [-0.05, 0) is 39.4 Å². The Morgan fingerprint density at radius 2 is 2.13 bits per heavy atom. The molecule has 2 nitrogen and oxygen atoms in total. The van der Waals surface area contributed by atoms with Crippen LogP contribution in [0.4, 0.5) is 13.2 Å². The number of hydrogen-bond acceptors (Lipinski definition) is 2. The highest BCUT2D eigenvalue weighted by atomic mass is 19.4. The molecule has 1 aliphatic heterocycles. The van der Waals surface area contributed by atoms with Crippen LogP contribution in [0, 0.1) is 0 Å². The van der Waals surface area contributed by atoms with Crippen molar-refractivity contribution >= 4 is 0 Å². The van der Waals surface area contributed by atoms with Gasteiger partial charge < -0.3 is 10.2 Å². The van der Waals surface area contributed by atoms with E-state index in [9.17, 15) is 13.2 Å². The molecule has 1 atom stereocenters. The van der Waals surface area contributed by atoms with E-state index >= 15 is 0 Å². The van der Waals surface area contributed by atoms with Gasteiger partial charge in [-0.2, -0.15) is 13.2 Å². The summed E-state index contributed by atoms with van der Waals surface area (Å²) in [7, 11) is 2.05. The highest BCUT2D eigenvalue weighted by Crippen LogP contribution is 2.20. The monoisotopic (exact) mass is 224 g/mol. The van der Waals surface area contributed by atoms with Gasteiger partial charge in [-0.3, -0.25) is 0 Å². The molecule has 0 radical (unpaired) electrons. The lowest BCUT2D eigenvalue weighted by Crippen LogP contribution is -2.44. The summed E-state index contributed by atoms with van der Waals surface area (Å²) in [6.45, 7) is 2.52. The Kier molecular flexibility index (Phi) is 4.86. The third-order valence-corrected chi connectivity index (χ3v) is 2.69. The van der Waals surface area contributed by atoms with Crippen molar-refractivity contribution < 1.29 is 13.2 Å². The van der Waals surface area contributed by atoms with Crippen LogP contribution in [0.1, 0.15) is 25.7 Å². The zero-order valence-corrected chi connectivity index (χ0v) is 9.11. The van der Waals surface area contributed by atoms with Crippen molar-refractivity contribution in [3.05, 3.63) is 0 Å². The number of likely N-dealkylation sites (N-methyl/N-ethyl adjacent to an activating group) is 1. The third kappa shape index (κ3) is 5.99. The van der Waals surface area contributed by atoms with Gasteiger partial charge in [0.2, 0.25) is 0 Å². The van der Waals surface area contributed by atoms with Crippen molar-refractivity contribution in [3.63, 3.8) is 0 Å². The molecule has 1 aliphatic rings. The van der Waals surface area contributed by atoms with E-state index in [1.807, 2.05) is 7.05 Å². The van der Waals surface area contributed by atoms with Crippen LogP contribution in [0.2, 0.25) is 0 Å². The molecule has 0 aromatic carbocycles. The fourth-order valence-corrected chi connectivity index (χ4v) is 1.93. The highest BCUT2D eigenvalue weighted by Gasteiger charge is 2.26. The zero-order valence-electron chi connectivity index (χ0n) is 9.11. The lowest BCUT2D eigenvalue weighted by Gasteiger charge is -2.30. The maximum absolute atomic E-state index is 11.8. The molecule has 5 heteroatoms. The van der Waals surface area contributed by atoms with Gasteiger partial charge in [0.25, 0.3) is 0 Å². The second kappa shape index (κ2) is 5.70. The summed E-state index contributed by atoms with van der Waals surface area (Å²) >= 11 is 0. The predicted molar refractivity (Wildman–Crippen MR) is 53.8 cm³/mol. The summed E-state index contributed by atoms with van der Waals surface area (Å²) in [6, 6.07) is 0.372. The first-order chi connectivity index (χ1) is 6.97. The third-order valence-electron chi connectivity index (χ3n) is 2.69. The van der Waals surface area contributed by atoms with Crippen LogP contribution in [0.5, 0.6) is 0 Å². The average molecular weight is 224 g/mol. The Balaban J connectivity index is 2.04. The maximum Gasteiger partial charge on any atom is 0.389 e. The van der Waals surface area contributed by atoms with Gasteiger partial charge >= 0.3 is 6.18 Å². The van der Waals surface area contributed by atoms with Crippen LogP contribution >= 0.6 is 0 Å². The number of hydrogen-bond donors (Lipinski definition) is 1. The minimum Gasteiger partial charge on any atom is -0.313 e. The fraction of sp³-hybridized carbons (Fsp3) is 1.00. The van der Waals surface area contributed by atoms with E-state index in [0.29, 0.717) is 12.6 Å². The standard InChI is InChI=1S/C10H19F3N2/c1-15-7-2-4-9(8-15)14-6-3-5-10(11,12)13/h9,14H,2-8H2,1H3. The molecule has 1 rings (SSSR count). The number of likely N-dealkylation sites (tertiary alicyclic amines) is 1. The van der Waals surface area contributed by atoms with Crippen LogP contribution in [0.3, 0.4) is 0 Å². The van der Waals surface area contributed by atoms with E-state index in [1.165, 1.54) is 0 Å².